The van der Waals surface area contributed by atoms with Crippen LogP contribution in [0.1, 0.15) is 39.0 Å². The van der Waals surface area contributed by atoms with Crippen LogP contribution < -0.4 is 0 Å². The first-order valence-corrected chi connectivity index (χ1v) is 5.00. The molecule has 0 aromatic rings. The molecule has 0 aliphatic carbocycles. The molecule has 1 fully saturated rings. The zero-order chi connectivity index (χ0) is 10.6. The number of carbonyl (C=O) groups is 3. The minimum atomic E-state index is -0.208. The number of hydrogen-bond acceptors (Lipinski definition) is 3. The van der Waals surface area contributed by atoms with Gasteiger partial charge in [0.15, 0.2) is 5.78 Å². The van der Waals surface area contributed by atoms with E-state index in [4.69, 9.17) is 0 Å². The zero-order valence-electron chi connectivity index (χ0n) is 8.41. The predicted octanol–water partition coefficient (Wildman–Crippen LogP) is 0.895. The summed E-state index contributed by atoms with van der Waals surface area (Å²) in [6.07, 6.45) is 2.77. The van der Waals surface area contributed by atoms with Crippen molar-refractivity contribution < 1.29 is 14.4 Å². The van der Waals surface area contributed by atoms with Crippen molar-refractivity contribution >= 4 is 17.6 Å². The Balaban J connectivity index is 2.39. The Labute approximate surface area is 83.3 Å². The Kier molecular flexibility index (Phi) is 3.80. The molecule has 0 spiro atoms. The van der Waals surface area contributed by atoms with Gasteiger partial charge in [-0.2, -0.15) is 0 Å². The summed E-state index contributed by atoms with van der Waals surface area (Å²) in [6, 6.07) is 0. The number of nitrogens with zero attached hydrogens (tertiary/aromatic N) is 1. The molecule has 1 aliphatic rings. The maximum Gasteiger partial charge on any atom is 0.230 e. The quantitative estimate of drug-likeness (QED) is 0.615. The molecule has 0 aromatic heterocycles. The number of Topliss-reactive ketones (excluding diaryl/α,β-unsaturated/α-hetero) is 1. The summed E-state index contributed by atoms with van der Waals surface area (Å²) < 4.78 is 0. The third kappa shape index (κ3) is 2.65. The molecule has 0 atom stereocenters. The molecule has 0 N–H and O–H groups in total. The van der Waals surface area contributed by atoms with Crippen molar-refractivity contribution in [1.29, 1.82) is 0 Å². The highest BCUT2D eigenvalue weighted by Crippen LogP contribution is 2.11. The van der Waals surface area contributed by atoms with Crippen LogP contribution in [0.2, 0.25) is 0 Å². The van der Waals surface area contributed by atoms with Crippen molar-refractivity contribution in [2.45, 2.75) is 39.0 Å². The van der Waals surface area contributed by atoms with E-state index in [0.29, 0.717) is 6.42 Å². The Morgan fingerprint density at radius 2 is 1.86 bits per heavy atom. The molecule has 0 saturated carbocycles. The Morgan fingerprint density at radius 1 is 1.29 bits per heavy atom. The number of ketones is 1. The van der Waals surface area contributed by atoms with Crippen molar-refractivity contribution in [2.75, 3.05) is 6.54 Å². The first-order valence-electron chi connectivity index (χ1n) is 5.00. The molecule has 1 rings (SSSR count). The highest BCUT2D eigenvalue weighted by Gasteiger charge is 2.29. The van der Waals surface area contributed by atoms with Gasteiger partial charge in [0.25, 0.3) is 0 Å². The Bertz CT molecular complexity index is 244. The van der Waals surface area contributed by atoms with Crippen molar-refractivity contribution in [2.24, 2.45) is 0 Å². The van der Waals surface area contributed by atoms with Crippen LogP contribution in [0.5, 0.6) is 0 Å². The number of amides is 2. The summed E-state index contributed by atoms with van der Waals surface area (Å²) in [6.45, 7) is 1.98. The lowest BCUT2D eigenvalue weighted by molar-refractivity contribution is -0.141. The second kappa shape index (κ2) is 4.88. The molecule has 2 amide bonds. The molecule has 1 saturated heterocycles. The van der Waals surface area contributed by atoms with Gasteiger partial charge in [0.05, 0.1) is 6.54 Å². The number of unbranched alkanes of at least 4 members (excludes halogenated alkanes) is 1. The molecular weight excluding hydrogens is 182 g/mol. The molecule has 1 heterocycles. The maximum atomic E-state index is 11.3. The van der Waals surface area contributed by atoms with Crippen LogP contribution in [0, 0.1) is 0 Å². The maximum absolute atomic E-state index is 11.3. The van der Waals surface area contributed by atoms with E-state index >= 15 is 0 Å². The average molecular weight is 197 g/mol. The first kappa shape index (κ1) is 10.9. The van der Waals surface area contributed by atoms with E-state index in [2.05, 4.69) is 0 Å². The van der Waals surface area contributed by atoms with Crippen LogP contribution in [-0.4, -0.2) is 29.0 Å². The van der Waals surface area contributed by atoms with Crippen LogP contribution in [0.3, 0.4) is 0 Å². The summed E-state index contributed by atoms with van der Waals surface area (Å²) in [4.78, 5) is 34.7. The Morgan fingerprint density at radius 3 is 2.36 bits per heavy atom. The lowest BCUT2D eigenvalue weighted by Gasteiger charge is -2.11. The summed E-state index contributed by atoms with van der Waals surface area (Å²) in [5.74, 6) is -0.435. The third-order valence-corrected chi connectivity index (χ3v) is 2.30. The summed E-state index contributed by atoms with van der Waals surface area (Å²) >= 11 is 0. The number of likely N-dealkylation sites (tertiary alicyclic amines) is 1. The molecule has 78 valence electrons. The second-order valence-electron chi connectivity index (χ2n) is 3.52. The monoisotopic (exact) mass is 197 g/mol. The highest BCUT2D eigenvalue weighted by atomic mass is 16.2. The van der Waals surface area contributed by atoms with Crippen molar-refractivity contribution in [3.05, 3.63) is 0 Å². The number of rotatable bonds is 5. The minimum Gasteiger partial charge on any atom is -0.298 e. The number of carbonyl (C=O) groups excluding carboxylic acids is 3. The third-order valence-electron chi connectivity index (χ3n) is 2.30. The van der Waals surface area contributed by atoms with Crippen molar-refractivity contribution in [3.63, 3.8) is 0 Å². The van der Waals surface area contributed by atoms with Gasteiger partial charge in [0.2, 0.25) is 11.8 Å². The van der Waals surface area contributed by atoms with E-state index < -0.39 is 0 Å². The van der Waals surface area contributed by atoms with E-state index in [9.17, 15) is 14.4 Å². The van der Waals surface area contributed by atoms with Gasteiger partial charge in [-0.1, -0.05) is 13.3 Å². The minimum absolute atomic E-state index is 0.0162. The van der Waals surface area contributed by atoms with Gasteiger partial charge in [-0.15, -0.1) is 0 Å². The largest absolute Gasteiger partial charge is 0.298 e. The molecular formula is C10H15NO3. The van der Waals surface area contributed by atoms with E-state index in [1.807, 2.05) is 6.92 Å². The first-order chi connectivity index (χ1) is 6.65. The van der Waals surface area contributed by atoms with E-state index in [-0.39, 0.29) is 37.0 Å². The van der Waals surface area contributed by atoms with Gasteiger partial charge >= 0.3 is 0 Å². The molecule has 4 nitrogen and oxygen atoms in total. The van der Waals surface area contributed by atoms with Crippen LogP contribution >= 0.6 is 0 Å². The molecule has 0 aromatic carbocycles. The van der Waals surface area contributed by atoms with Gasteiger partial charge in [-0.25, -0.2) is 0 Å². The normalized spacial score (nSPS) is 16.5. The fraction of sp³-hybridized carbons (Fsp3) is 0.700. The van der Waals surface area contributed by atoms with Crippen LogP contribution in [0.15, 0.2) is 0 Å². The summed E-state index contributed by atoms with van der Waals surface area (Å²) in [5, 5.41) is 0. The topological polar surface area (TPSA) is 54.5 Å². The lowest BCUT2D eigenvalue weighted by atomic mass is 10.2. The van der Waals surface area contributed by atoms with Crippen LogP contribution in [0.25, 0.3) is 0 Å². The smallest absolute Gasteiger partial charge is 0.230 e. The lowest BCUT2D eigenvalue weighted by Crippen LogP contribution is -2.34. The fourth-order valence-electron chi connectivity index (χ4n) is 1.43. The van der Waals surface area contributed by atoms with Gasteiger partial charge in [0, 0.05) is 19.3 Å². The SMILES string of the molecule is CCCCC(=O)CN1C(=O)CCC1=O. The average Bonchev–Trinajstić information content (AvgIpc) is 2.46. The number of hydrogen-bond donors (Lipinski definition) is 0. The second-order valence-corrected chi connectivity index (χ2v) is 3.52. The molecule has 0 radical (unpaired) electrons. The predicted molar refractivity (Wildman–Crippen MR) is 50.5 cm³/mol. The van der Waals surface area contributed by atoms with Crippen LogP contribution in [0.4, 0.5) is 0 Å². The number of imide groups is 1. The Hall–Kier alpha value is -1.19. The van der Waals surface area contributed by atoms with Gasteiger partial charge in [-0.3, -0.25) is 19.3 Å². The molecule has 0 unspecified atom stereocenters. The zero-order valence-corrected chi connectivity index (χ0v) is 8.41. The van der Waals surface area contributed by atoms with E-state index in [0.717, 1.165) is 17.7 Å². The van der Waals surface area contributed by atoms with Crippen LogP contribution in [-0.2, 0) is 14.4 Å². The van der Waals surface area contributed by atoms with Gasteiger partial charge in [0.1, 0.15) is 0 Å². The summed E-state index contributed by atoms with van der Waals surface area (Å²) in [7, 11) is 0. The molecule has 4 heteroatoms. The molecule has 14 heavy (non-hydrogen) atoms. The fourth-order valence-corrected chi connectivity index (χ4v) is 1.43. The van der Waals surface area contributed by atoms with Gasteiger partial charge < -0.3 is 0 Å². The summed E-state index contributed by atoms with van der Waals surface area (Å²) in [5.41, 5.74) is 0. The molecule has 0 bridgehead atoms. The van der Waals surface area contributed by atoms with Gasteiger partial charge in [-0.05, 0) is 6.42 Å². The highest BCUT2D eigenvalue weighted by molar-refractivity contribution is 6.04. The van der Waals surface area contributed by atoms with Crippen molar-refractivity contribution in [1.82, 2.24) is 4.90 Å². The van der Waals surface area contributed by atoms with E-state index in [1.165, 1.54) is 0 Å². The standard InChI is InChI=1S/C10H15NO3/c1-2-3-4-8(12)7-11-9(13)5-6-10(11)14/h2-7H2,1H3. The van der Waals surface area contributed by atoms with E-state index in [1.54, 1.807) is 0 Å². The molecule has 1 aliphatic heterocycles. The van der Waals surface area contributed by atoms with Crippen molar-refractivity contribution in [3.8, 4) is 0 Å².